The van der Waals surface area contributed by atoms with Gasteiger partial charge in [-0.3, -0.25) is 0 Å². The highest BCUT2D eigenvalue weighted by molar-refractivity contribution is 4.98. The summed E-state index contributed by atoms with van der Waals surface area (Å²) in [4.78, 5) is 0. The van der Waals surface area contributed by atoms with Gasteiger partial charge in [0.1, 0.15) is 0 Å². The van der Waals surface area contributed by atoms with Crippen molar-refractivity contribution in [1.29, 1.82) is 0 Å². The minimum Gasteiger partial charge on any atom is -0.352 e. The van der Waals surface area contributed by atoms with Crippen molar-refractivity contribution in [3.05, 3.63) is 24.8 Å². The molecule has 0 radical (unpaired) electrons. The van der Waals surface area contributed by atoms with Crippen LogP contribution in [-0.2, 0) is 9.47 Å². The average molecular weight is 128 g/mol. The minimum atomic E-state index is -0.247. The maximum absolute atomic E-state index is 4.84. The summed E-state index contributed by atoms with van der Waals surface area (Å²) in [6.07, 6.45) is 4.97. The highest BCUT2D eigenvalue weighted by Gasteiger charge is 1.94. The van der Waals surface area contributed by atoms with Crippen LogP contribution in [0.1, 0.15) is 0 Å². The summed E-state index contributed by atoms with van der Waals surface area (Å²) in [5, 5.41) is 0. The SMILES string of the molecule is C=CC=CC(OC)OC. The van der Waals surface area contributed by atoms with E-state index in [2.05, 4.69) is 6.58 Å². The molecule has 0 aliphatic rings. The smallest absolute Gasteiger partial charge is 0.176 e. The zero-order chi connectivity index (χ0) is 7.11. The van der Waals surface area contributed by atoms with Crippen molar-refractivity contribution in [3.63, 3.8) is 0 Å². The van der Waals surface area contributed by atoms with Crippen LogP contribution in [0, 0.1) is 0 Å². The van der Waals surface area contributed by atoms with Crippen molar-refractivity contribution >= 4 is 0 Å². The lowest BCUT2D eigenvalue weighted by atomic mass is 10.5. The molecule has 0 saturated carbocycles. The Hall–Kier alpha value is -0.600. The number of methoxy groups -OCH3 is 2. The van der Waals surface area contributed by atoms with Gasteiger partial charge in [-0.05, 0) is 6.08 Å². The van der Waals surface area contributed by atoms with E-state index < -0.39 is 0 Å². The maximum Gasteiger partial charge on any atom is 0.176 e. The Balaban J connectivity index is 3.53. The summed E-state index contributed by atoms with van der Waals surface area (Å²) in [6.45, 7) is 3.50. The fourth-order valence-corrected chi connectivity index (χ4v) is 0.423. The molecule has 9 heavy (non-hydrogen) atoms. The van der Waals surface area contributed by atoms with Crippen molar-refractivity contribution in [3.8, 4) is 0 Å². The Kier molecular flexibility index (Phi) is 5.17. The van der Waals surface area contributed by atoms with Crippen LogP contribution in [-0.4, -0.2) is 20.5 Å². The van der Waals surface area contributed by atoms with Crippen LogP contribution in [0.25, 0.3) is 0 Å². The van der Waals surface area contributed by atoms with Crippen molar-refractivity contribution in [2.24, 2.45) is 0 Å². The van der Waals surface area contributed by atoms with Crippen LogP contribution < -0.4 is 0 Å². The third-order valence-corrected chi connectivity index (χ3v) is 0.869. The molecular weight excluding hydrogens is 116 g/mol. The molecule has 0 amide bonds. The topological polar surface area (TPSA) is 18.5 Å². The molecule has 0 fully saturated rings. The highest BCUT2D eigenvalue weighted by Crippen LogP contribution is 1.91. The molecular formula is C7H12O2. The number of hydrogen-bond acceptors (Lipinski definition) is 2. The van der Waals surface area contributed by atoms with Crippen molar-refractivity contribution in [1.82, 2.24) is 0 Å². The lowest BCUT2D eigenvalue weighted by Gasteiger charge is -2.05. The zero-order valence-electron chi connectivity index (χ0n) is 5.83. The van der Waals surface area contributed by atoms with Crippen molar-refractivity contribution in [2.45, 2.75) is 6.29 Å². The van der Waals surface area contributed by atoms with Gasteiger partial charge < -0.3 is 9.47 Å². The van der Waals surface area contributed by atoms with Gasteiger partial charge in [-0.25, -0.2) is 0 Å². The van der Waals surface area contributed by atoms with E-state index in [9.17, 15) is 0 Å². The highest BCUT2D eigenvalue weighted by atomic mass is 16.7. The van der Waals surface area contributed by atoms with Crippen molar-refractivity contribution in [2.75, 3.05) is 14.2 Å². The fourth-order valence-electron chi connectivity index (χ4n) is 0.423. The molecule has 0 aromatic heterocycles. The second-order valence-electron chi connectivity index (χ2n) is 1.46. The molecule has 0 heterocycles. The molecule has 0 aromatic rings. The summed E-state index contributed by atoms with van der Waals surface area (Å²) in [5.41, 5.74) is 0. The molecule has 0 bridgehead atoms. The van der Waals surface area contributed by atoms with Gasteiger partial charge in [-0.2, -0.15) is 0 Å². The van der Waals surface area contributed by atoms with Gasteiger partial charge >= 0.3 is 0 Å². The van der Waals surface area contributed by atoms with Gasteiger partial charge in [0, 0.05) is 14.2 Å². The minimum absolute atomic E-state index is 0.247. The van der Waals surface area contributed by atoms with Gasteiger partial charge in [0.25, 0.3) is 0 Å². The fraction of sp³-hybridized carbons (Fsp3) is 0.429. The predicted octanol–water partition coefficient (Wildman–Crippen LogP) is 1.35. The van der Waals surface area contributed by atoms with Gasteiger partial charge in [0.15, 0.2) is 6.29 Å². The predicted molar refractivity (Wildman–Crippen MR) is 37.1 cm³/mol. The molecule has 0 unspecified atom stereocenters. The zero-order valence-corrected chi connectivity index (χ0v) is 5.83. The lowest BCUT2D eigenvalue weighted by molar-refractivity contribution is -0.0666. The van der Waals surface area contributed by atoms with E-state index in [0.29, 0.717) is 0 Å². The van der Waals surface area contributed by atoms with Gasteiger partial charge in [-0.1, -0.05) is 18.7 Å². The normalized spacial score (nSPS) is 11.0. The van der Waals surface area contributed by atoms with E-state index in [1.54, 1.807) is 32.4 Å². The van der Waals surface area contributed by atoms with Gasteiger partial charge in [0.2, 0.25) is 0 Å². The molecule has 52 valence electrons. The molecule has 0 saturated heterocycles. The molecule has 2 nitrogen and oxygen atoms in total. The monoisotopic (exact) mass is 128 g/mol. The Bertz CT molecular complexity index is 93.1. The first-order valence-electron chi connectivity index (χ1n) is 2.70. The molecule has 0 spiro atoms. The molecule has 0 N–H and O–H groups in total. The van der Waals surface area contributed by atoms with Crippen LogP contribution in [0.2, 0.25) is 0 Å². The van der Waals surface area contributed by atoms with E-state index in [0.717, 1.165) is 0 Å². The molecule has 0 aromatic carbocycles. The number of allylic oxidation sites excluding steroid dienone is 2. The van der Waals surface area contributed by atoms with Crippen LogP contribution in [0.4, 0.5) is 0 Å². The van der Waals surface area contributed by atoms with E-state index in [1.807, 2.05) is 0 Å². The van der Waals surface area contributed by atoms with Crippen LogP contribution in [0.3, 0.4) is 0 Å². The summed E-state index contributed by atoms with van der Waals surface area (Å²) in [7, 11) is 3.17. The van der Waals surface area contributed by atoms with Crippen LogP contribution in [0.15, 0.2) is 24.8 Å². The second kappa shape index (κ2) is 5.54. The van der Waals surface area contributed by atoms with E-state index >= 15 is 0 Å². The molecule has 0 aliphatic heterocycles. The standard InChI is InChI=1S/C7H12O2/c1-4-5-6-7(8-2)9-3/h4-7H,1H2,2-3H3. The Morgan fingerprint density at radius 1 is 1.33 bits per heavy atom. The number of hydrogen-bond donors (Lipinski definition) is 0. The Morgan fingerprint density at radius 2 is 1.89 bits per heavy atom. The third-order valence-electron chi connectivity index (χ3n) is 0.869. The van der Waals surface area contributed by atoms with E-state index in [1.165, 1.54) is 0 Å². The molecule has 0 atom stereocenters. The van der Waals surface area contributed by atoms with E-state index in [-0.39, 0.29) is 6.29 Å². The first-order valence-corrected chi connectivity index (χ1v) is 2.70. The van der Waals surface area contributed by atoms with Crippen LogP contribution >= 0.6 is 0 Å². The third kappa shape index (κ3) is 3.94. The Labute approximate surface area is 55.8 Å². The van der Waals surface area contributed by atoms with Gasteiger partial charge in [0.05, 0.1) is 0 Å². The molecule has 2 heteroatoms. The van der Waals surface area contributed by atoms with Crippen LogP contribution in [0.5, 0.6) is 0 Å². The quantitative estimate of drug-likeness (QED) is 0.420. The van der Waals surface area contributed by atoms with E-state index in [4.69, 9.17) is 9.47 Å². The first kappa shape index (κ1) is 8.40. The number of ether oxygens (including phenoxy) is 2. The largest absolute Gasteiger partial charge is 0.352 e. The molecule has 0 rings (SSSR count). The lowest BCUT2D eigenvalue weighted by Crippen LogP contribution is -2.08. The average Bonchev–Trinajstić information content (AvgIpc) is 1.91. The van der Waals surface area contributed by atoms with Crippen molar-refractivity contribution < 1.29 is 9.47 Å². The first-order chi connectivity index (χ1) is 4.35. The summed E-state index contributed by atoms with van der Waals surface area (Å²) < 4.78 is 9.69. The summed E-state index contributed by atoms with van der Waals surface area (Å²) in [5.74, 6) is 0. The second-order valence-corrected chi connectivity index (χ2v) is 1.46. The Morgan fingerprint density at radius 3 is 2.22 bits per heavy atom. The van der Waals surface area contributed by atoms with Gasteiger partial charge in [-0.15, -0.1) is 0 Å². The summed E-state index contributed by atoms with van der Waals surface area (Å²) >= 11 is 0. The maximum atomic E-state index is 4.84. The molecule has 0 aliphatic carbocycles. The number of rotatable bonds is 4. The summed E-state index contributed by atoms with van der Waals surface area (Å²) in [6, 6.07) is 0.